The number of unbranched alkanes of at least 4 members (excludes halogenated alkanes) is 2. The van der Waals surface area contributed by atoms with Crippen LogP contribution in [0.1, 0.15) is 26.2 Å². The van der Waals surface area contributed by atoms with E-state index in [1.807, 2.05) is 0 Å². The molecule has 1 aromatic rings. The molecular weight excluding hydrogens is 403 g/mol. The van der Waals surface area contributed by atoms with Crippen LogP contribution in [0.3, 0.4) is 0 Å². The first-order valence-electron chi connectivity index (χ1n) is 7.19. The average molecular weight is 427 g/mol. The molecule has 0 aliphatic carbocycles. The Bertz CT molecular complexity index is 458. The lowest BCUT2D eigenvalue weighted by molar-refractivity contribution is 0.304. The van der Waals surface area contributed by atoms with Gasteiger partial charge in [0.15, 0.2) is 17.5 Å². The molecule has 0 aliphatic heterocycles. The number of nitrogens with one attached hydrogen (secondary N) is 2. The van der Waals surface area contributed by atoms with Gasteiger partial charge in [-0.1, -0.05) is 19.8 Å². The maximum absolute atomic E-state index is 13.3. The molecule has 1 rings (SSSR count). The average Bonchev–Trinajstić information content (AvgIpc) is 2.47. The molecule has 0 aliphatic rings. The predicted octanol–water partition coefficient (Wildman–Crippen LogP) is 3.32. The summed E-state index contributed by atoms with van der Waals surface area (Å²) in [6.45, 7) is 3.75. The molecule has 1 aromatic carbocycles. The third kappa shape index (κ3) is 8.35. The van der Waals surface area contributed by atoms with Crippen LogP contribution in [0.5, 0.6) is 5.75 Å². The van der Waals surface area contributed by atoms with Crippen LogP contribution in [0, 0.1) is 11.6 Å². The Morgan fingerprint density at radius 1 is 1.18 bits per heavy atom. The number of nitrogens with zero attached hydrogens (tertiary/aromatic N) is 1. The number of aliphatic imine (C=N–C) groups is 1. The summed E-state index contributed by atoms with van der Waals surface area (Å²) in [5, 5.41) is 6.25. The molecule has 7 heteroatoms. The van der Waals surface area contributed by atoms with E-state index in [4.69, 9.17) is 4.74 Å². The number of hydrogen-bond acceptors (Lipinski definition) is 2. The van der Waals surface area contributed by atoms with E-state index in [0.29, 0.717) is 12.5 Å². The van der Waals surface area contributed by atoms with Crippen molar-refractivity contribution in [2.75, 3.05) is 26.7 Å². The van der Waals surface area contributed by atoms with Crippen LogP contribution in [0.15, 0.2) is 23.2 Å². The minimum Gasteiger partial charge on any atom is -0.489 e. The van der Waals surface area contributed by atoms with Crippen LogP contribution in [0.4, 0.5) is 8.78 Å². The van der Waals surface area contributed by atoms with Gasteiger partial charge in [-0.3, -0.25) is 4.99 Å². The Morgan fingerprint density at radius 2 is 1.91 bits per heavy atom. The SMILES string of the molecule is CCCCCNC(=NC)NCCOc1ccc(F)cc1F.I. The smallest absolute Gasteiger partial charge is 0.191 e. The minimum atomic E-state index is -0.697. The molecule has 0 atom stereocenters. The lowest BCUT2D eigenvalue weighted by Crippen LogP contribution is -2.39. The zero-order chi connectivity index (χ0) is 15.5. The van der Waals surface area contributed by atoms with Crippen molar-refractivity contribution in [3.05, 3.63) is 29.8 Å². The normalized spacial score (nSPS) is 10.8. The van der Waals surface area contributed by atoms with Crippen LogP contribution in [0.2, 0.25) is 0 Å². The summed E-state index contributed by atoms with van der Waals surface area (Å²) in [4.78, 5) is 4.07. The zero-order valence-electron chi connectivity index (χ0n) is 13.0. The van der Waals surface area contributed by atoms with Gasteiger partial charge in [-0.2, -0.15) is 0 Å². The van der Waals surface area contributed by atoms with Gasteiger partial charge < -0.3 is 15.4 Å². The van der Waals surface area contributed by atoms with Gasteiger partial charge in [0.1, 0.15) is 12.4 Å². The molecule has 4 nitrogen and oxygen atoms in total. The van der Waals surface area contributed by atoms with Crippen molar-refractivity contribution in [3.8, 4) is 5.75 Å². The number of halogens is 3. The molecule has 0 saturated carbocycles. The molecule has 0 saturated heterocycles. The maximum atomic E-state index is 13.3. The van der Waals surface area contributed by atoms with Gasteiger partial charge in [-0.05, 0) is 18.6 Å². The van der Waals surface area contributed by atoms with Gasteiger partial charge in [0.25, 0.3) is 0 Å². The highest BCUT2D eigenvalue weighted by Gasteiger charge is 2.04. The van der Waals surface area contributed by atoms with Crippen molar-refractivity contribution in [3.63, 3.8) is 0 Å². The molecule has 0 aromatic heterocycles. The second kappa shape index (κ2) is 12.4. The first-order chi connectivity index (χ1) is 10.2. The third-order valence-electron chi connectivity index (χ3n) is 2.84. The summed E-state index contributed by atoms with van der Waals surface area (Å²) in [5.41, 5.74) is 0. The molecule has 0 bridgehead atoms. The van der Waals surface area contributed by atoms with Crippen LogP contribution < -0.4 is 15.4 Å². The molecule has 22 heavy (non-hydrogen) atoms. The fourth-order valence-electron chi connectivity index (χ4n) is 1.73. The molecule has 0 fully saturated rings. The molecule has 0 heterocycles. The minimum absolute atomic E-state index is 0. The van der Waals surface area contributed by atoms with E-state index in [0.717, 1.165) is 19.0 Å². The lowest BCUT2D eigenvalue weighted by Gasteiger charge is -2.12. The predicted molar refractivity (Wildman–Crippen MR) is 96.2 cm³/mol. The molecule has 0 amide bonds. The number of hydrogen-bond donors (Lipinski definition) is 2. The highest BCUT2D eigenvalue weighted by Crippen LogP contribution is 2.17. The fraction of sp³-hybridized carbons (Fsp3) is 0.533. The Labute approximate surface area is 147 Å². The van der Waals surface area contributed by atoms with Crippen molar-refractivity contribution in [2.24, 2.45) is 4.99 Å². The topological polar surface area (TPSA) is 45.7 Å². The van der Waals surface area contributed by atoms with E-state index >= 15 is 0 Å². The summed E-state index contributed by atoms with van der Waals surface area (Å²) >= 11 is 0. The summed E-state index contributed by atoms with van der Waals surface area (Å²) in [6.07, 6.45) is 3.44. The highest BCUT2D eigenvalue weighted by atomic mass is 127. The second-order valence-electron chi connectivity index (χ2n) is 4.56. The van der Waals surface area contributed by atoms with E-state index in [1.54, 1.807) is 7.05 Å². The van der Waals surface area contributed by atoms with Gasteiger partial charge in [0.2, 0.25) is 0 Å². The van der Waals surface area contributed by atoms with Crippen molar-refractivity contribution >= 4 is 29.9 Å². The van der Waals surface area contributed by atoms with Crippen LogP contribution >= 0.6 is 24.0 Å². The summed E-state index contributed by atoms with van der Waals surface area (Å²) < 4.78 is 31.3. The highest BCUT2D eigenvalue weighted by molar-refractivity contribution is 14.0. The van der Waals surface area contributed by atoms with Crippen molar-refractivity contribution in [2.45, 2.75) is 26.2 Å². The lowest BCUT2D eigenvalue weighted by atomic mass is 10.2. The van der Waals surface area contributed by atoms with Gasteiger partial charge >= 0.3 is 0 Å². The Kier molecular flexibility index (Phi) is 11.8. The van der Waals surface area contributed by atoms with Crippen LogP contribution in [-0.4, -0.2) is 32.7 Å². The molecular formula is C15H24F2IN3O. The monoisotopic (exact) mass is 427 g/mol. The van der Waals surface area contributed by atoms with Gasteiger partial charge in [-0.25, -0.2) is 8.78 Å². The molecule has 0 radical (unpaired) electrons. The largest absolute Gasteiger partial charge is 0.489 e. The standard InChI is InChI=1S/C15H23F2N3O.HI/c1-3-4-5-8-19-15(18-2)20-9-10-21-14-7-6-12(16)11-13(14)17;/h6-7,11H,3-5,8-10H2,1-2H3,(H2,18,19,20);1H. The van der Waals surface area contributed by atoms with Crippen LogP contribution in [0.25, 0.3) is 0 Å². The second-order valence-corrected chi connectivity index (χ2v) is 4.56. The summed E-state index contributed by atoms with van der Waals surface area (Å²) in [6, 6.07) is 3.25. The van der Waals surface area contributed by atoms with Crippen molar-refractivity contribution in [1.29, 1.82) is 0 Å². The quantitative estimate of drug-likeness (QED) is 0.290. The summed E-state index contributed by atoms with van der Waals surface area (Å²) in [7, 11) is 1.69. The third-order valence-corrected chi connectivity index (χ3v) is 2.84. The Hall–Kier alpha value is -1.12. The van der Waals surface area contributed by atoms with E-state index in [-0.39, 0.29) is 36.3 Å². The van der Waals surface area contributed by atoms with E-state index in [2.05, 4.69) is 22.5 Å². The Morgan fingerprint density at radius 3 is 2.55 bits per heavy atom. The fourth-order valence-corrected chi connectivity index (χ4v) is 1.73. The molecule has 0 unspecified atom stereocenters. The number of benzene rings is 1. The van der Waals surface area contributed by atoms with E-state index < -0.39 is 11.6 Å². The maximum Gasteiger partial charge on any atom is 0.191 e. The van der Waals surface area contributed by atoms with Gasteiger partial charge in [-0.15, -0.1) is 24.0 Å². The van der Waals surface area contributed by atoms with Gasteiger partial charge in [0.05, 0.1) is 6.54 Å². The molecule has 0 spiro atoms. The van der Waals surface area contributed by atoms with E-state index in [9.17, 15) is 8.78 Å². The molecule has 126 valence electrons. The zero-order valence-corrected chi connectivity index (χ0v) is 15.3. The first kappa shape index (κ1) is 20.9. The van der Waals surface area contributed by atoms with E-state index in [1.165, 1.54) is 25.0 Å². The number of ether oxygens (including phenoxy) is 1. The number of guanidine groups is 1. The van der Waals surface area contributed by atoms with Gasteiger partial charge in [0, 0.05) is 19.7 Å². The van der Waals surface area contributed by atoms with Crippen molar-refractivity contribution in [1.82, 2.24) is 10.6 Å². The van der Waals surface area contributed by atoms with Crippen LogP contribution in [-0.2, 0) is 0 Å². The number of rotatable bonds is 8. The summed E-state index contributed by atoms with van der Waals surface area (Å²) in [5.74, 6) is -0.579. The van der Waals surface area contributed by atoms with Crippen molar-refractivity contribution < 1.29 is 13.5 Å². The first-order valence-corrected chi connectivity index (χ1v) is 7.19. The Balaban J connectivity index is 0.00000441. The molecule has 2 N–H and O–H groups in total.